The van der Waals surface area contributed by atoms with Crippen molar-refractivity contribution < 1.29 is 9.53 Å². The standard InChI is InChI=1S/C25H23Cl2N5O2S2/c1-4-9-32-22(12-34-21-10-15(2)5-6-16(21)3)30-31-25(32)36-14-23(33)29-24-28-20(13-35-24)18-8-7-17(26)11-19(18)27/h4-8,10-11,13H,1,9,12,14H2,2-3H3,(H,28,29,33). The number of aromatic nitrogens is 4. The van der Waals surface area contributed by atoms with Gasteiger partial charge >= 0.3 is 0 Å². The number of hydrogen-bond acceptors (Lipinski definition) is 7. The van der Waals surface area contributed by atoms with E-state index in [9.17, 15) is 4.79 Å². The molecular weight excluding hydrogens is 537 g/mol. The third-order valence-corrected chi connectivity index (χ3v) is 7.37. The maximum atomic E-state index is 12.6. The minimum absolute atomic E-state index is 0.143. The molecule has 0 bridgehead atoms. The van der Waals surface area contributed by atoms with E-state index in [2.05, 4.69) is 27.1 Å². The van der Waals surface area contributed by atoms with Crippen molar-refractivity contribution in [1.29, 1.82) is 0 Å². The normalized spacial score (nSPS) is 10.9. The Morgan fingerprint density at radius 1 is 1.22 bits per heavy atom. The molecule has 11 heteroatoms. The van der Waals surface area contributed by atoms with E-state index >= 15 is 0 Å². The lowest BCUT2D eigenvalue weighted by atomic mass is 10.1. The lowest BCUT2D eigenvalue weighted by Gasteiger charge is -2.11. The van der Waals surface area contributed by atoms with Gasteiger partial charge in [-0.2, -0.15) is 0 Å². The van der Waals surface area contributed by atoms with E-state index in [1.807, 2.05) is 42.0 Å². The number of allylic oxidation sites excluding steroid dienone is 1. The predicted molar refractivity (Wildman–Crippen MR) is 147 cm³/mol. The van der Waals surface area contributed by atoms with Crippen LogP contribution in [0.5, 0.6) is 5.75 Å². The molecule has 7 nitrogen and oxygen atoms in total. The second-order valence-electron chi connectivity index (χ2n) is 7.85. The third kappa shape index (κ3) is 6.47. The molecular formula is C25H23Cl2N5O2S2. The first-order chi connectivity index (χ1) is 17.3. The molecule has 0 unspecified atom stereocenters. The smallest absolute Gasteiger partial charge is 0.236 e. The molecule has 1 N–H and O–H groups in total. The fourth-order valence-electron chi connectivity index (χ4n) is 3.29. The van der Waals surface area contributed by atoms with Gasteiger partial charge in [-0.25, -0.2) is 4.98 Å². The first-order valence-corrected chi connectivity index (χ1v) is 13.5. The molecule has 0 atom stereocenters. The number of carbonyl (C=O) groups is 1. The molecule has 0 saturated heterocycles. The number of carbonyl (C=O) groups excluding carboxylic acids is 1. The summed E-state index contributed by atoms with van der Waals surface area (Å²) in [4.78, 5) is 17.1. The number of rotatable bonds is 10. The number of thiazole rings is 1. The maximum Gasteiger partial charge on any atom is 0.236 e. The Labute approximate surface area is 227 Å². The van der Waals surface area contributed by atoms with Gasteiger partial charge in [-0.15, -0.1) is 28.1 Å². The number of nitrogens with zero attached hydrogens (tertiary/aromatic N) is 4. The summed E-state index contributed by atoms with van der Waals surface area (Å²) < 4.78 is 7.88. The highest BCUT2D eigenvalue weighted by Gasteiger charge is 2.16. The van der Waals surface area contributed by atoms with Gasteiger partial charge in [-0.1, -0.05) is 53.2 Å². The SMILES string of the molecule is C=CCn1c(COc2cc(C)ccc2C)nnc1SCC(=O)Nc1nc(-c2ccc(Cl)cc2Cl)cs1. The summed E-state index contributed by atoms with van der Waals surface area (Å²) in [6.45, 7) is 8.60. The molecule has 4 aromatic rings. The van der Waals surface area contributed by atoms with Crippen LogP contribution in [0.4, 0.5) is 5.13 Å². The molecule has 0 aliphatic rings. The van der Waals surface area contributed by atoms with Crippen molar-refractivity contribution in [2.75, 3.05) is 11.1 Å². The fourth-order valence-corrected chi connectivity index (χ4v) is 5.29. The highest BCUT2D eigenvalue weighted by molar-refractivity contribution is 7.99. The Balaban J connectivity index is 1.37. The Morgan fingerprint density at radius 3 is 2.83 bits per heavy atom. The minimum Gasteiger partial charge on any atom is -0.485 e. The Hall–Kier alpha value is -2.85. The molecule has 0 radical (unpaired) electrons. The molecule has 4 rings (SSSR count). The van der Waals surface area contributed by atoms with E-state index in [0.29, 0.717) is 38.4 Å². The van der Waals surface area contributed by atoms with Crippen LogP contribution in [0.15, 0.2) is 59.6 Å². The zero-order valence-electron chi connectivity index (χ0n) is 19.6. The summed E-state index contributed by atoms with van der Waals surface area (Å²) in [5.74, 6) is 1.40. The predicted octanol–water partition coefficient (Wildman–Crippen LogP) is 6.82. The molecule has 36 heavy (non-hydrogen) atoms. The van der Waals surface area contributed by atoms with E-state index in [1.54, 1.807) is 24.3 Å². The summed E-state index contributed by atoms with van der Waals surface area (Å²) in [7, 11) is 0. The topological polar surface area (TPSA) is 81.9 Å². The van der Waals surface area contributed by atoms with Crippen LogP contribution in [0.1, 0.15) is 17.0 Å². The van der Waals surface area contributed by atoms with Gasteiger partial charge in [-0.05, 0) is 49.2 Å². The van der Waals surface area contributed by atoms with Gasteiger partial charge in [0.2, 0.25) is 5.91 Å². The number of nitrogens with one attached hydrogen (secondary N) is 1. The van der Waals surface area contributed by atoms with E-state index in [0.717, 1.165) is 22.4 Å². The molecule has 1 amide bonds. The highest BCUT2D eigenvalue weighted by atomic mass is 35.5. The van der Waals surface area contributed by atoms with Gasteiger partial charge in [-0.3, -0.25) is 9.36 Å². The summed E-state index contributed by atoms with van der Waals surface area (Å²) in [5.41, 5.74) is 3.59. The molecule has 0 aliphatic carbocycles. The first-order valence-electron chi connectivity index (χ1n) is 10.9. The zero-order valence-corrected chi connectivity index (χ0v) is 22.8. The van der Waals surface area contributed by atoms with Crippen LogP contribution in [0.2, 0.25) is 10.0 Å². The molecule has 2 heterocycles. The quantitative estimate of drug-likeness (QED) is 0.169. The number of amides is 1. The van der Waals surface area contributed by atoms with Gasteiger partial charge in [0, 0.05) is 22.5 Å². The van der Waals surface area contributed by atoms with Gasteiger partial charge in [0.05, 0.1) is 16.5 Å². The van der Waals surface area contributed by atoms with Crippen molar-refractivity contribution in [2.45, 2.75) is 32.2 Å². The van der Waals surface area contributed by atoms with Gasteiger partial charge in [0.25, 0.3) is 0 Å². The van der Waals surface area contributed by atoms with E-state index in [4.69, 9.17) is 27.9 Å². The van der Waals surface area contributed by atoms with Crippen molar-refractivity contribution in [1.82, 2.24) is 19.7 Å². The molecule has 186 valence electrons. The molecule has 0 fully saturated rings. The van der Waals surface area contributed by atoms with Gasteiger partial charge in [0.15, 0.2) is 16.1 Å². The highest BCUT2D eigenvalue weighted by Crippen LogP contribution is 2.32. The summed E-state index contributed by atoms with van der Waals surface area (Å²) in [6.07, 6.45) is 1.76. The van der Waals surface area contributed by atoms with Crippen molar-refractivity contribution in [3.05, 3.63) is 81.4 Å². The molecule has 0 spiro atoms. The van der Waals surface area contributed by atoms with Crippen LogP contribution >= 0.6 is 46.3 Å². The zero-order chi connectivity index (χ0) is 25.7. The van der Waals surface area contributed by atoms with Crippen molar-refractivity contribution in [3.8, 4) is 17.0 Å². The largest absolute Gasteiger partial charge is 0.485 e. The summed E-state index contributed by atoms with van der Waals surface area (Å²) in [6, 6.07) is 11.3. The van der Waals surface area contributed by atoms with E-state index < -0.39 is 0 Å². The van der Waals surface area contributed by atoms with Gasteiger partial charge < -0.3 is 10.1 Å². The minimum atomic E-state index is -0.204. The average Bonchev–Trinajstić information content (AvgIpc) is 3.45. The lowest BCUT2D eigenvalue weighted by molar-refractivity contribution is -0.113. The van der Waals surface area contributed by atoms with E-state index in [-0.39, 0.29) is 18.3 Å². The number of thioether (sulfide) groups is 1. The van der Waals surface area contributed by atoms with Crippen molar-refractivity contribution in [3.63, 3.8) is 0 Å². The fraction of sp³-hybridized carbons (Fsp3) is 0.200. The Morgan fingerprint density at radius 2 is 2.06 bits per heavy atom. The monoisotopic (exact) mass is 559 g/mol. The summed E-state index contributed by atoms with van der Waals surface area (Å²) in [5, 5.41) is 15.3. The number of halogens is 2. The molecule has 2 aromatic heterocycles. The molecule has 0 saturated carbocycles. The molecule has 0 aliphatic heterocycles. The van der Waals surface area contributed by atoms with Crippen LogP contribution in [-0.4, -0.2) is 31.4 Å². The summed E-state index contributed by atoms with van der Waals surface area (Å²) >= 11 is 14.8. The first kappa shape index (κ1) is 26.2. The van der Waals surface area contributed by atoms with Crippen molar-refractivity contribution >= 4 is 57.3 Å². The number of ether oxygens (including phenoxy) is 1. The number of aryl methyl sites for hydroxylation is 2. The van der Waals surface area contributed by atoms with Crippen molar-refractivity contribution in [2.24, 2.45) is 0 Å². The second-order valence-corrected chi connectivity index (χ2v) is 10.5. The van der Waals surface area contributed by atoms with Crippen LogP contribution in [0.3, 0.4) is 0 Å². The number of hydrogen-bond donors (Lipinski definition) is 1. The number of anilines is 1. The Kier molecular flexibility index (Phi) is 8.68. The maximum absolute atomic E-state index is 12.6. The second kappa shape index (κ2) is 11.9. The molecule has 2 aromatic carbocycles. The Bertz CT molecular complexity index is 1400. The number of benzene rings is 2. The average molecular weight is 561 g/mol. The van der Waals surface area contributed by atoms with Crippen LogP contribution in [0.25, 0.3) is 11.3 Å². The third-order valence-electron chi connectivity index (χ3n) is 5.10. The van der Waals surface area contributed by atoms with Crippen LogP contribution in [-0.2, 0) is 17.9 Å². The van der Waals surface area contributed by atoms with E-state index in [1.165, 1.54) is 23.1 Å². The van der Waals surface area contributed by atoms with Crippen LogP contribution < -0.4 is 10.1 Å². The van der Waals surface area contributed by atoms with Crippen LogP contribution in [0, 0.1) is 13.8 Å². The van der Waals surface area contributed by atoms with Gasteiger partial charge in [0.1, 0.15) is 12.4 Å². The lowest BCUT2D eigenvalue weighted by Crippen LogP contribution is -2.15.